The van der Waals surface area contributed by atoms with Crippen LogP contribution in [0.5, 0.6) is 0 Å². The first-order valence-electron chi connectivity index (χ1n) is 6.55. The highest BCUT2D eigenvalue weighted by molar-refractivity contribution is 7.10. The summed E-state index contributed by atoms with van der Waals surface area (Å²) in [5.41, 5.74) is 1.90. The number of thiophene rings is 1. The Morgan fingerprint density at radius 2 is 2.00 bits per heavy atom. The summed E-state index contributed by atoms with van der Waals surface area (Å²) in [6.45, 7) is 1.78. The molecule has 0 atom stereocenters. The first kappa shape index (κ1) is 14.2. The minimum Gasteiger partial charge on any atom is -0.478 e. The molecule has 1 aliphatic rings. The Bertz CT molecular complexity index is 789. The number of rotatable bonds is 3. The van der Waals surface area contributed by atoms with E-state index in [-0.39, 0.29) is 11.5 Å². The summed E-state index contributed by atoms with van der Waals surface area (Å²) in [4.78, 5) is 24.3. The molecule has 1 aliphatic heterocycles. The van der Waals surface area contributed by atoms with Crippen molar-refractivity contribution >= 4 is 40.7 Å². The number of carbonyl (C=O) groups excluding carboxylic acids is 1. The van der Waals surface area contributed by atoms with Crippen molar-refractivity contribution in [2.24, 2.45) is 5.10 Å². The maximum Gasteiger partial charge on any atom is 0.335 e. The van der Waals surface area contributed by atoms with Crippen molar-refractivity contribution in [2.75, 3.05) is 5.01 Å². The van der Waals surface area contributed by atoms with E-state index in [1.807, 2.05) is 23.6 Å². The van der Waals surface area contributed by atoms with Gasteiger partial charge in [-0.1, -0.05) is 6.07 Å². The van der Waals surface area contributed by atoms with Gasteiger partial charge in [-0.05, 0) is 48.7 Å². The lowest BCUT2D eigenvalue weighted by molar-refractivity contribution is -0.114. The summed E-state index contributed by atoms with van der Waals surface area (Å²) in [5, 5.41) is 16.4. The fourth-order valence-electron chi connectivity index (χ4n) is 2.12. The van der Waals surface area contributed by atoms with E-state index in [0.29, 0.717) is 17.0 Å². The molecule has 1 aromatic carbocycles. The van der Waals surface area contributed by atoms with Gasteiger partial charge < -0.3 is 5.11 Å². The van der Waals surface area contributed by atoms with Crippen LogP contribution in [0.2, 0.25) is 0 Å². The highest BCUT2D eigenvalue weighted by Crippen LogP contribution is 2.26. The Labute approximate surface area is 130 Å². The molecule has 22 heavy (non-hydrogen) atoms. The third-order valence-corrected chi connectivity index (χ3v) is 4.07. The SMILES string of the molecule is CC1=NN(c2ccc(C(=O)O)cc2)C(=O)/C1=C/c1cccs1. The normalized spacial score (nSPS) is 16.2. The van der Waals surface area contributed by atoms with Gasteiger partial charge in [0.2, 0.25) is 0 Å². The van der Waals surface area contributed by atoms with Gasteiger partial charge in [0, 0.05) is 4.88 Å². The molecule has 1 aromatic heterocycles. The van der Waals surface area contributed by atoms with Crippen molar-refractivity contribution in [3.63, 3.8) is 0 Å². The number of benzene rings is 1. The van der Waals surface area contributed by atoms with Crippen LogP contribution in [0.1, 0.15) is 22.2 Å². The molecule has 2 heterocycles. The highest BCUT2D eigenvalue weighted by Gasteiger charge is 2.28. The first-order chi connectivity index (χ1) is 10.6. The van der Waals surface area contributed by atoms with Gasteiger partial charge in [-0.3, -0.25) is 4.79 Å². The Morgan fingerprint density at radius 3 is 2.59 bits per heavy atom. The van der Waals surface area contributed by atoms with Gasteiger partial charge in [-0.25, -0.2) is 4.79 Å². The van der Waals surface area contributed by atoms with Crippen molar-refractivity contribution in [1.82, 2.24) is 0 Å². The zero-order valence-corrected chi connectivity index (χ0v) is 12.5. The lowest BCUT2D eigenvalue weighted by atomic mass is 10.1. The Morgan fingerprint density at radius 1 is 1.27 bits per heavy atom. The van der Waals surface area contributed by atoms with Gasteiger partial charge in [-0.15, -0.1) is 11.3 Å². The number of hydrogen-bond donors (Lipinski definition) is 1. The van der Waals surface area contributed by atoms with Gasteiger partial charge in [0.25, 0.3) is 5.91 Å². The molecule has 6 heteroatoms. The molecule has 0 spiro atoms. The summed E-state index contributed by atoms with van der Waals surface area (Å²) in [6, 6.07) is 9.92. The molecule has 110 valence electrons. The van der Waals surface area contributed by atoms with E-state index in [2.05, 4.69) is 5.10 Å². The maximum absolute atomic E-state index is 12.5. The summed E-state index contributed by atoms with van der Waals surface area (Å²) < 4.78 is 0. The molecule has 3 rings (SSSR count). The standard InChI is InChI=1S/C16H12N2O3S/c1-10-14(9-13-3-2-8-22-13)15(19)18(17-10)12-6-4-11(5-7-12)16(20)21/h2-9H,1H3,(H,20,21)/b14-9+. The molecular formula is C16H12N2O3S. The van der Waals surface area contributed by atoms with E-state index in [1.165, 1.54) is 17.1 Å². The molecule has 2 aromatic rings. The van der Waals surface area contributed by atoms with Gasteiger partial charge in [-0.2, -0.15) is 10.1 Å². The second-order valence-electron chi connectivity index (χ2n) is 4.73. The van der Waals surface area contributed by atoms with Crippen molar-refractivity contribution in [3.8, 4) is 0 Å². The number of amides is 1. The van der Waals surface area contributed by atoms with Gasteiger partial charge >= 0.3 is 5.97 Å². The predicted molar refractivity (Wildman–Crippen MR) is 86.3 cm³/mol. The number of carboxylic acid groups (broad SMARTS) is 1. The van der Waals surface area contributed by atoms with Crippen LogP contribution in [-0.2, 0) is 4.79 Å². The van der Waals surface area contributed by atoms with Crippen molar-refractivity contribution in [1.29, 1.82) is 0 Å². The maximum atomic E-state index is 12.5. The molecule has 5 nitrogen and oxygen atoms in total. The molecule has 0 unspecified atom stereocenters. The number of aromatic carboxylic acids is 1. The second kappa shape index (κ2) is 5.57. The fraction of sp³-hybridized carbons (Fsp3) is 0.0625. The Kier molecular flexibility index (Phi) is 3.60. The van der Waals surface area contributed by atoms with Gasteiger partial charge in [0.1, 0.15) is 0 Å². The number of carbonyl (C=O) groups is 2. The van der Waals surface area contributed by atoms with Crippen LogP contribution in [0.25, 0.3) is 6.08 Å². The molecule has 1 amide bonds. The summed E-state index contributed by atoms with van der Waals surface area (Å²) >= 11 is 1.55. The lowest BCUT2D eigenvalue weighted by Gasteiger charge is -2.11. The highest BCUT2D eigenvalue weighted by atomic mass is 32.1. The van der Waals surface area contributed by atoms with Crippen LogP contribution in [0.15, 0.2) is 52.5 Å². The molecular weight excluding hydrogens is 300 g/mol. The van der Waals surface area contributed by atoms with E-state index in [0.717, 1.165) is 4.88 Å². The molecule has 1 N–H and O–H groups in total. The minimum absolute atomic E-state index is 0.172. The molecule has 0 fully saturated rings. The van der Waals surface area contributed by atoms with Crippen LogP contribution in [-0.4, -0.2) is 22.7 Å². The quantitative estimate of drug-likeness (QED) is 0.884. The van der Waals surface area contributed by atoms with Gasteiger partial charge in [0.05, 0.1) is 22.5 Å². The number of carboxylic acids is 1. The van der Waals surface area contributed by atoms with Crippen LogP contribution in [0, 0.1) is 0 Å². The number of hydrogen-bond acceptors (Lipinski definition) is 4. The van der Waals surface area contributed by atoms with E-state index in [4.69, 9.17) is 5.11 Å². The van der Waals surface area contributed by atoms with Crippen LogP contribution >= 0.6 is 11.3 Å². The van der Waals surface area contributed by atoms with E-state index in [1.54, 1.807) is 30.4 Å². The Hall–Kier alpha value is -2.73. The van der Waals surface area contributed by atoms with E-state index in [9.17, 15) is 9.59 Å². The van der Waals surface area contributed by atoms with E-state index < -0.39 is 5.97 Å². The topological polar surface area (TPSA) is 70.0 Å². The summed E-state index contributed by atoms with van der Waals surface area (Å²) in [7, 11) is 0. The van der Waals surface area contributed by atoms with E-state index >= 15 is 0 Å². The fourth-order valence-corrected chi connectivity index (χ4v) is 2.78. The number of anilines is 1. The first-order valence-corrected chi connectivity index (χ1v) is 7.43. The molecule has 0 aliphatic carbocycles. The van der Waals surface area contributed by atoms with Crippen LogP contribution in [0.3, 0.4) is 0 Å². The third-order valence-electron chi connectivity index (χ3n) is 3.25. The molecule has 0 radical (unpaired) electrons. The molecule has 0 bridgehead atoms. The zero-order valence-electron chi connectivity index (χ0n) is 11.7. The average molecular weight is 312 g/mol. The monoisotopic (exact) mass is 312 g/mol. The van der Waals surface area contributed by atoms with Crippen molar-refractivity contribution in [3.05, 3.63) is 57.8 Å². The van der Waals surface area contributed by atoms with Crippen LogP contribution < -0.4 is 5.01 Å². The number of hydrazone groups is 1. The lowest BCUT2D eigenvalue weighted by Crippen LogP contribution is -2.21. The molecule has 0 saturated carbocycles. The summed E-state index contributed by atoms with van der Waals surface area (Å²) in [6.07, 6.45) is 1.82. The third kappa shape index (κ3) is 2.56. The minimum atomic E-state index is -1.00. The largest absolute Gasteiger partial charge is 0.478 e. The second-order valence-corrected chi connectivity index (χ2v) is 5.71. The van der Waals surface area contributed by atoms with Gasteiger partial charge in [0.15, 0.2) is 0 Å². The average Bonchev–Trinajstić information content (AvgIpc) is 3.11. The Balaban J connectivity index is 1.91. The van der Waals surface area contributed by atoms with Crippen molar-refractivity contribution < 1.29 is 14.7 Å². The smallest absolute Gasteiger partial charge is 0.335 e. The molecule has 0 saturated heterocycles. The van der Waals surface area contributed by atoms with Crippen molar-refractivity contribution in [2.45, 2.75) is 6.92 Å². The zero-order chi connectivity index (χ0) is 15.7. The van der Waals surface area contributed by atoms with Crippen LogP contribution in [0.4, 0.5) is 5.69 Å². The summed E-state index contributed by atoms with van der Waals surface area (Å²) in [5.74, 6) is -1.22. The number of nitrogens with zero attached hydrogens (tertiary/aromatic N) is 2. The predicted octanol–water partition coefficient (Wildman–Crippen LogP) is 3.25.